The third-order valence-electron chi connectivity index (χ3n) is 7.34. The Labute approximate surface area is 227 Å². The van der Waals surface area contributed by atoms with Crippen molar-refractivity contribution in [2.45, 2.75) is 38.6 Å². The van der Waals surface area contributed by atoms with E-state index in [2.05, 4.69) is 16.8 Å². The normalized spacial score (nSPS) is 17.6. The van der Waals surface area contributed by atoms with Crippen LogP contribution in [0.15, 0.2) is 49.1 Å². The number of alkyl halides is 3. The van der Waals surface area contributed by atoms with Gasteiger partial charge in [0.1, 0.15) is 11.9 Å². The lowest BCUT2D eigenvalue weighted by atomic mass is 10.0. The molecule has 0 unspecified atom stereocenters. The second kappa shape index (κ2) is 12.2. The van der Waals surface area contributed by atoms with Gasteiger partial charge in [-0.2, -0.15) is 13.2 Å². The number of nitrogens with one attached hydrogen (secondary N) is 1. The number of piperazine rings is 1. The highest BCUT2D eigenvalue weighted by atomic mass is 19.4. The second-order valence-electron chi connectivity index (χ2n) is 10.2. The number of carbonyl (C=O) groups excluding carboxylic acids is 2. The van der Waals surface area contributed by atoms with Gasteiger partial charge in [0, 0.05) is 76.0 Å². The molecule has 0 bridgehead atoms. The molecule has 2 aliphatic rings. The van der Waals surface area contributed by atoms with E-state index in [9.17, 15) is 22.8 Å². The predicted molar refractivity (Wildman–Crippen MR) is 144 cm³/mol. The SMILES string of the molecule is C=CC(=O)N1CCC(Oc2cc(NC(=O)c3ccc(CN4CCN(C)CC4)c(C(F)(F)F)c3)ccc2C)CC1. The number of hydrogen-bond acceptors (Lipinski definition) is 5. The fourth-order valence-corrected chi connectivity index (χ4v) is 4.88. The van der Waals surface area contributed by atoms with Crippen molar-refractivity contribution in [2.24, 2.45) is 0 Å². The molecule has 4 rings (SSSR count). The van der Waals surface area contributed by atoms with Crippen LogP contribution in [0, 0.1) is 6.92 Å². The number of halogens is 3. The van der Waals surface area contributed by atoms with Crippen LogP contribution in [-0.4, -0.2) is 78.9 Å². The lowest BCUT2D eigenvalue weighted by Crippen LogP contribution is -2.44. The molecule has 2 heterocycles. The Balaban J connectivity index is 1.44. The van der Waals surface area contributed by atoms with Crippen LogP contribution in [0.1, 0.15) is 39.9 Å². The Bertz CT molecular complexity index is 1200. The van der Waals surface area contributed by atoms with Gasteiger partial charge in [0.25, 0.3) is 5.91 Å². The Morgan fingerprint density at radius 3 is 2.38 bits per heavy atom. The number of piperidine rings is 1. The molecular weight excluding hydrogens is 509 g/mol. The summed E-state index contributed by atoms with van der Waals surface area (Å²) in [6, 6.07) is 8.95. The Morgan fingerprint density at radius 2 is 1.74 bits per heavy atom. The maximum atomic E-state index is 13.9. The zero-order chi connectivity index (χ0) is 28.2. The molecule has 0 spiro atoms. The summed E-state index contributed by atoms with van der Waals surface area (Å²) in [5.41, 5.74) is 0.602. The molecule has 1 N–H and O–H groups in total. The van der Waals surface area contributed by atoms with Gasteiger partial charge in [0.05, 0.1) is 5.56 Å². The van der Waals surface area contributed by atoms with E-state index in [1.54, 1.807) is 23.1 Å². The summed E-state index contributed by atoms with van der Waals surface area (Å²) >= 11 is 0. The molecule has 2 aliphatic heterocycles. The van der Waals surface area contributed by atoms with Gasteiger partial charge in [-0.1, -0.05) is 18.7 Å². The molecule has 210 valence electrons. The number of likely N-dealkylation sites (tertiary alicyclic amines) is 1. The van der Waals surface area contributed by atoms with E-state index >= 15 is 0 Å². The van der Waals surface area contributed by atoms with E-state index in [4.69, 9.17) is 4.74 Å². The van der Waals surface area contributed by atoms with Crippen LogP contribution < -0.4 is 10.1 Å². The van der Waals surface area contributed by atoms with Crippen LogP contribution in [0.25, 0.3) is 0 Å². The zero-order valence-electron chi connectivity index (χ0n) is 22.4. The first-order valence-electron chi connectivity index (χ1n) is 13.1. The number of aryl methyl sites for hydroxylation is 1. The number of nitrogens with zero attached hydrogens (tertiary/aromatic N) is 3. The van der Waals surface area contributed by atoms with E-state index in [1.165, 1.54) is 18.2 Å². The second-order valence-corrected chi connectivity index (χ2v) is 10.2. The highest BCUT2D eigenvalue weighted by Gasteiger charge is 2.34. The molecule has 2 aromatic rings. The van der Waals surface area contributed by atoms with E-state index in [1.807, 2.05) is 18.9 Å². The average molecular weight is 545 g/mol. The summed E-state index contributed by atoms with van der Waals surface area (Å²) in [5.74, 6) is -0.145. The minimum absolute atomic E-state index is 0.0632. The zero-order valence-corrected chi connectivity index (χ0v) is 22.4. The molecule has 2 aromatic carbocycles. The van der Waals surface area contributed by atoms with Gasteiger partial charge in [0.2, 0.25) is 5.91 Å². The van der Waals surface area contributed by atoms with Gasteiger partial charge in [0.15, 0.2) is 0 Å². The predicted octanol–water partition coefficient (Wildman–Crippen LogP) is 4.57. The standard InChI is InChI=1S/C29H35F3N4O3/c1-4-27(37)36-11-9-24(10-12-36)39-26-18-23(8-5-20(26)2)33-28(38)21-6-7-22(25(17-21)29(30,31)32)19-35-15-13-34(3)14-16-35/h4-8,17-18,24H,1,9-16,19H2,2-3H3,(H,33,38). The van der Waals surface area contributed by atoms with Crippen LogP contribution in [-0.2, 0) is 17.5 Å². The molecule has 7 nitrogen and oxygen atoms in total. The lowest BCUT2D eigenvalue weighted by Gasteiger charge is -2.33. The molecular formula is C29H35F3N4O3. The number of benzene rings is 2. The highest BCUT2D eigenvalue weighted by Crippen LogP contribution is 2.34. The Morgan fingerprint density at radius 1 is 1.05 bits per heavy atom. The van der Waals surface area contributed by atoms with Crippen molar-refractivity contribution in [3.8, 4) is 5.75 Å². The van der Waals surface area contributed by atoms with Gasteiger partial charge in [-0.3, -0.25) is 14.5 Å². The van der Waals surface area contributed by atoms with Gasteiger partial charge >= 0.3 is 6.18 Å². The third kappa shape index (κ3) is 7.39. The first-order chi connectivity index (χ1) is 18.5. The van der Waals surface area contributed by atoms with Crippen LogP contribution in [0.5, 0.6) is 5.75 Å². The summed E-state index contributed by atoms with van der Waals surface area (Å²) in [6.07, 6.45) is -2.04. The summed E-state index contributed by atoms with van der Waals surface area (Å²) < 4.78 is 48.0. The summed E-state index contributed by atoms with van der Waals surface area (Å²) in [7, 11) is 1.99. The number of carbonyl (C=O) groups is 2. The van der Waals surface area contributed by atoms with Gasteiger partial charge < -0.3 is 19.9 Å². The number of hydrogen-bond donors (Lipinski definition) is 1. The van der Waals surface area contributed by atoms with E-state index in [-0.39, 0.29) is 29.7 Å². The molecule has 10 heteroatoms. The molecule has 2 saturated heterocycles. The van der Waals surface area contributed by atoms with E-state index in [0.717, 1.165) is 24.7 Å². The maximum absolute atomic E-state index is 13.9. The third-order valence-corrected chi connectivity index (χ3v) is 7.34. The average Bonchev–Trinajstić information content (AvgIpc) is 2.91. The number of anilines is 1. The summed E-state index contributed by atoms with van der Waals surface area (Å²) in [4.78, 5) is 30.6. The largest absolute Gasteiger partial charge is 0.490 e. The van der Waals surface area contributed by atoms with Crippen LogP contribution in [0.4, 0.5) is 18.9 Å². The van der Waals surface area contributed by atoms with Crippen molar-refractivity contribution in [3.63, 3.8) is 0 Å². The van der Waals surface area contributed by atoms with Crippen LogP contribution in [0.2, 0.25) is 0 Å². The molecule has 0 aromatic heterocycles. The van der Waals surface area contributed by atoms with Crippen molar-refractivity contribution in [1.82, 2.24) is 14.7 Å². The minimum atomic E-state index is -4.57. The van der Waals surface area contributed by atoms with E-state index in [0.29, 0.717) is 50.5 Å². The molecule has 2 amide bonds. The molecule has 39 heavy (non-hydrogen) atoms. The fourth-order valence-electron chi connectivity index (χ4n) is 4.88. The van der Waals surface area contributed by atoms with Gasteiger partial charge in [-0.05, 0) is 49.4 Å². The smallest absolute Gasteiger partial charge is 0.416 e. The highest BCUT2D eigenvalue weighted by molar-refractivity contribution is 6.04. The lowest BCUT2D eigenvalue weighted by molar-refractivity contribution is -0.138. The van der Waals surface area contributed by atoms with Gasteiger partial charge in [-0.25, -0.2) is 0 Å². The fraction of sp³-hybridized carbons (Fsp3) is 0.448. The van der Waals surface area contributed by atoms with Gasteiger partial charge in [-0.15, -0.1) is 0 Å². The van der Waals surface area contributed by atoms with Crippen molar-refractivity contribution >= 4 is 17.5 Å². The minimum Gasteiger partial charge on any atom is -0.490 e. The molecule has 2 fully saturated rings. The monoisotopic (exact) mass is 544 g/mol. The number of rotatable bonds is 7. The Hall–Kier alpha value is -3.37. The quantitative estimate of drug-likeness (QED) is 0.518. The van der Waals surface area contributed by atoms with Crippen molar-refractivity contribution in [2.75, 3.05) is 51.6 Å². The number of likely N-dealkylation sites (N-methyl/N-ethyl adjacent to an activating group) is 1. The van der Waals surface area contributed by atoms with Crippen molar-refractivity contribution in [3.05, 3.63) is 71.3 Å². The topological polar surface area (TPSA) is 65.1 Å². The first-order valence-corrected chi connectivity index (χ1v) is 13.1. The molecule has 0 saturated carbocycles. The molecule has 0 radical (unpaired) electrons. The Kier molecular flexibility index (Phi) is 8.97. The van der Waals surface area contributed by atoms with Crippen LogP contribution in [0.3, 0.4) is 0 Å². The first kappa shape index (κ1) is 28.6. The van der Waals surface area contributed by atoms with Crippen LogP contribution >= 0.6 is 0 Å². The van der Waals surface area contributed by atoms with E-state index < -0.39 is 17.6 Å². The molecule has 0 atom stereocenters. The number of ether oxygens (including phenoxy) is 1. The maximum Gasteiger partial charge on any atom is 0.416 e. The molecule has 0 aliphatic carbocycles. The summed E-state index contributed by atoms with van der Waals surface area (Å²) in [5, 5.41) is 2.71. The number of amides is 2. The van der Waals surface area contributed by atoms with Crippen molar-refractivity contribution < 1.29 is 27.5 Å². The summed E-state index contributed by atoms with van der Waals surface area (Å²) in [6.45, 7) is 9.72. The van der Waals surface area contributed by atoms with Crippen molar-refractivity contribution in [1.29, 1.82) is 0 Å².